The van der Waals surface area contributed by atoms with E-state index >= 15 is 0 Å². The maximum absolute atomic E-state index is 6.21. The van der Waals surface area contributed by atoms with Gasteiger partial charge in [0.25, 0.3) is 0 Å². The van der Waals surface area contributed by atoms with E-state index in [9.17, 15) is 0 Å². The summed E-state index contributed by atoms with van der Waals surface area (Å²) in [6, 6.07) is 8.02. The number of rotatable bonds is 6. The maximum atomic E-state index is 6.21. The van der Waals surface area contributed by atoms with Gasteiger partial charge >= 0.3 is 0 Å². The molecule has 1 aliphatic carbocycles. The van der Waals surface area contributed by atoms with Crippen molar-refractivity contribution >= 4 is 6.08 Å². The van der Waals surface area contributed by atoms with E-state index in [4.69, 9.17) is 9.47 Å². The van der Waals surface area contributed by atoms with Crippen LogP contribution >= 0.6 is 0 Å². The molecule has 1 aromatic carbocycles. The topological polar surface area (TPSA) is 18.5 Å². The molecule has 1 atom stereocenters. The Morgan fingerprint density at radius 3 is 2.33 bits per heavy atom. The van der Waals surface area contributed by atoms with Crippen molar-refractivity contribution in [3.63, 3.8) is 0 Å². The van der Waals surface area contributed by atoms with Crippen molar-refractivity contribution in [1.29, 1.82) is 0 Å². The Kier molecular flexibility index (Phi) is 5.46. The molecule has 1 fully saturated rings. The molecular weight excluding hydrogens is 260 g/mol. The second-order valence-electron chi connectivity index (χ2n) is 7.13. The van der Waals surface area contributed by atoms with Crippen LogP contribution < -0.4 is 4.74 Å². The van der Waals surface area contributed by atoms with E-state index < -0.39 is 0 Å². The highest BCUT2D eigenvalue weighted by molar-refractivity contribution is 5.48. The van der Waals surface area contributed by atoms with Gasteiger partial charge < -0.3 is 9.47 Å². The molecule has 1 aliphatic rings. The third-order valence-electron chi connectivity index (χ3n) is 3.81. The molecule has 1 unspecified atom stereocenters. The number of ether oxygens (including phenoxy) is 2. The Labute approximate surface area is 129 Å². The smallest absolute Gasteiger partial charge is 0.200 e. The third kappa shape index (κ3) is 5.55. The first-order chi connectivity index (χ1) is 9.96. The van der Waals surface area contributed by atoms with Crippen molar-refractivity contribution in [1.82, 2.24) is 0 Å². The van der Waals surface area contributed by atoms with E-state index in [0.29, 0.717) is 6.10 Å². The van der Waals surface area contributed by atoms with E-state index in [2.05, 4.69) is 27.4 Å². The molecule has 1 saturated carbocycles. The van der Waals surface area contributed by atoms with Crippen LogP contribution in [-0.2, 0) is 4.74 Å². The zero-order valence-corrected chi connectivity index (χ0v) is 13.6. The molecular formula is C19H28O2. The van der Waals surface area contributed by atoms with Gasteiger partial charge in [-0.05, 0) is 36.0 Å². The molecule has 0 radical (unpaired) electrons. The minimum Gasteiger partial charge on any atom is -0.465 e. The monoisotopic (exact) mass is 288 g/mol. The summed E-state index contributed by atoms with van der Waals surface area (Å²) in [5.74, 6) is 0.868. The van der Waals surface area contributed by atoms with Crippen LogP contribution in [0.25, 0.3) is 6.08 Å². The standard InChI is InChI=1S/C19H28O2/c1-5-15-10-12-17(13-11-15)21-18(14-19(2,3)4)20-16-8-6-7-9-16/h5,10-13,16,18H,1,6-9,14H2,2-4H3. The Hall–Kier alpha value is -1.28. The fourth-order valence-electron chi connectivity index (χ4n) is 2.69. The van der Waals surface area contributed by atoms with Crippen molar-refractivity contribution in [3.05, 3.63) is 36.4 Å². The average molecular weight is 288 g/mol. The van der Waals surface area contributed by atoms with Gasteiger partial charge in [0.2, 0.25) is 6.29 Å². The predicted octanol–water partition coefficient (Wildman–Crippen LogP) is 5.43. The summed E-state index contributed by atoms with van der Waals surface area (Å²) in [7, 11) is 0. The van der Waals surface area contributed by atoms with Crippen LogP contribution in [0.5, 0.6) is 5.75 Å². The molecule has 116 valence electrons. The fourth-order valence-corrected chi connectivity index (χ4v) is 2.69. The first-order valence-electron chi connectivity index (χ1n) is 8.01. The van der Waals surface area contributed by atoms with Gasteiger partial charge in [-0.2, -0.15) is 0 Å². The Balaban J connectivity index is 2.00. The highest BCUT2D eigenvalue weighted by Crippen LogP contribution is 2.29. The van der Waals surface area contributed by atoms with E-state index in [1.807, 2.05) is 30.3 Å². The maximum Gasteiger partial charge on any atom is 0.200 e. The number of hydrogen-bond donors (Lipinski definition) is 0. The van der Waals surface area contributed by atoms with Gasteiger partial charge in [-0.25, -0.2) is 0 Å². The second-order valence-corrected chi connectivity index (χ2v) is 7.13. The highest BCUT2D eigenvalue weighted by Gasteiger charge is 2.26. The van der Waals surface area contributed by atoms with Crippen LogP contribution in [0.15, 0.2) is 30.8 Å². The van der Waals surface area contributed by atoms with Crippen molar-refractivity contribution in [3.8, 4) is 5.75 Å². The molecule has 0 aromatic heterocycles. The lowest BCUT2D eigenvalue weighted by Crippen LogP contribution is -2.30. The quantitative estimate of drug-likeness (QED) is 0.650. The third-order valence-corrected chi connectivity index (χ3v) is 3.81. The van der Waals surface area contributed by atoms with Crippen LogP contribution in [0, 0.1) is 5.41 Å². The second kappa shape index (κ2) is 7.13. The molecule has 0 aliphatic heterocycles. The van der Waals surface area contributed by atoms with E-state index in [0.717, 1.165) is 17.7 Å². The largest absolute Gasteiger partial charge is 0.465 e. The summed E-state index contributed by atoms with van der Waals surface area (Å²) in [4.78, 5) is 0. The summed E-state index contributed by atoms with van der Waals surface area (Å²) in [6.07, 6.45) is 7.83. The van der Waals surface area contributed by atoms with E-state index in [1.54, 1.807) is 0 Å². The molecule has 2 rings (SSSR count). The van der Waals surface area contributed by atoms with Crippen molar-refractivity contribution < 1.29 is 9.47 Å². The molecule has 1 aromatic rings. The van der Waals surface area contributed by atoms with Crippen LogP contribution in [-0.4, -0.2) is 12.4 Å². The lowest BCUT2D eigenvalue weighted by molar-refractivity contribution is -0.132. The Bertz CT molecular complexity index is 436. The number of benzene rings is 1. The van der Waals surface area contributed by atoms with Gasteiger partial charge in [0, 0.05) is 6.42 Å². The summed E-state index contributed by atoms with van der Waals surface area (Å²) >= 11 is 0. The normalized spacial score (nSPS) is 17.7. The zero-order valence-electron chi connectivity index (χ0n) is 13.6. The van der Waals surface area contributed by atoms with Gasteiger partial charge in [-0.3, -0.25) is 0 Å². The molecule has 21 heavy (non-hydrogen) atoms. The fraction of sp³-hybridized carbons (Fsp3) is 0.579. The summed E-state index contributed by atoms with van der Waals surface area (Å²) in [5, 5.41) is 0. The molecule has 0 N–H and O–H groups in total. The van der Waals surface area contributed by atoms with Gasteiger partial charge in [0.05, 0.1) is 6.10 Å². The van der Waals surface area contributed by atoms with Crippen LogP contribution in [0.3, 0.4) is 0 Å². The number of hydrogen-bond acceptors (Lipinski definition) is 2. The van der Waals surface area contributed by atoms with Crippen molar-refractivity contribution in [2.75, 3.05) is 0 Å². The molecule has 0 bridgehead atoms. The van der Waals surface area contributed by atoms with Crippen LogP contribution in [0.2, 0.25) is 0 Å². The molecule has 0 amide bonds. The van der Waals surface area contributed by atoms with Gasteiger partial charge in [-0.15, -0.1) is 0 Å². The summed E-state index contributed by atoms with van der Waals surface area (Å²) in [6.45, 7) is 10.4. The van der Waals surface area contributed by atoms with Crippen LogP contribution in [0.4, 0.5) is 0 Å². The van der Waals surface area contributed by atoms with E-state index in [-0.39, 0.29) is 11.7 Å². The zero-order chi connectivity index (χ0) is 15.3. The molecule has 0 spiro atoms. The van der Waals surface area contributed by atoms with Crippen molar-refractivity contribution in [2.24, 2.45) is 5.41 Å². The lowest BCUT2D eigenvalue weighted by Gasteiger charge is -2.29. The van der Waals surface area contributed by atoms with Gasteiger partial charge in [0.15, 0.2) is 0 Å². The minimum atomic E-state index is -0.164. The molecule has 2 heteroatoms. The Morgan fingerprint density at radius 2 is 1.81 bits per heavy atom. The van der Waals surface area contributed by atoms with Gasteiger partial charge in [0.1, 0.15) is 5.75 Å². The summed E-state index contributed by atoms with van der Waals surface area (Å²) in [5.41, 5.74) is 1.29. The first kappa shape index (κ1) is 16.1. The minimum absolute atomic E-state index is 0.164. The lowest BCUT2D eigenvalue weighted by atomic mass is 9.92. The average Bonchev–Trinajstić information content (AvgIpc) is 2.90. The summed E-state index contributed by atoms with van der Waals surface area (Å²) < 4.78 is 12.3. The molecule has 0 heterocycles. The van der Waals surface area contributed by atoms with E-state index in [1.165, 1.54) is 25.7 Å². The van der Waals surface area contributed by atoms with Crippen LogP contribution in [0.1, 0.15) is 58.4 Å². The predicted molar refractivity (Wildman–Crippen MR) is 88.4 cm³/mol. The molecule has 2 nitrogen and oxygen atoms in total. The molecule has 0 saturated heterocycles. The van der Waals surface area contributed by atoms with Gasteiger partial charge in [-0.1, -0.05) is 58.4 Å². The SMILES string of the molecule is C=Cc1ccc(OC(CC(C)(C)C)OC2CCCC2)cc1. The van der Waals surface area contributed by atoms with Crippen molar-refractivity contribution in [2.45, 2.75) is 65.3 Å². The Morgan fingerprint density at radius 1 is 1.19 bits per heavy atom. The highest BCUT2D eigenvalue weighted by atomic mass is 16.7. The first-order valence-corrected chi connectivity index (χ1v) is 8.01.